The Hall–Kier alpha value is -1.62. The van der Waals surface area contributed by atoms with Crippen molar-refractivity contribution in [3.05, 3.63) is 29.6 Å². The maximum absolute atomic E-state index is 13.7. The lowest BCUT2D eigenvalue weighted by Gasteiger charge is -2.35. The molecule has 1 aliphatic rings. The Labute approximate surface area is 106 Å². The van der Waals surface area contributed by atoms with Crippen LogP contribution < -0.4 is 5.73 Å². The fourth-order valence-corrected chi connectivity index (χ4v) is 2.22. The van der Waals surface area contributed by atoms with Gasteiger partial charge >= 0.3 is 0 Å². The molecule has 2 atom stereocenters. The van der Waals surface area contributed by atoms with Gasteiger partial charge in [0.1, 0.15) is 5.82 Å². The van der Waals surface area contributed by atoms with E-state index in [4.69, 9.17) is 10.5 Å². The minimum Gasteiger partial charge on any atom is -0.399 e. The molecule has 0 bridgehead atoms. The molecule has 0 aliphatic carbocycles. The Bertz CT molecular complexity index is 454. The highest BCUT2D eigenvalue weighted by molar-refractivity contribution is 5.95. The van der Waals surface area contributed by atoms with Crippen molar-refractivity contribution in [1.29, 1.82) is 0 Å². The molecule has 1 amide bonds. The molecule has 0 aromatic heterocycles. The summed E-state index contributed by atoms with van der Waals surface area (Å²) in [4.78, 5) is 13.8. The summed E-state index contributed by atoms with van der Waals surface area (Å²) in [6, 6.07) is 4.13. The number of carbonyl (C=O) groups excluding carboxylic acids is 1. The summed E-state index contributed by atoms with van der Waals surface area (Å²) in [5.74, 6) is -0.888. The number of nitrogen functional groups attached to an aromatic ring is 1. The molecule has 4 nitrogen and oxygen atoms in total. The number of hydrogen-bond acceptors (Lipinski definition) is 3. The third-order valence-electron chi connectivity index (χ3n) is 2.93. The van der Waals surface area contributed by atoms with Gasteiger partial charge in [-0.2, -0.15) is 0 Å². The van der Waals surface area contributed by atoms with Gasteiger partial charge in [0.15, 0.2) is 0 Å². The first-order valence-corrected chi connectivity index (χ1v) is 5.97. The summed E-state index contributed by atoms with van der Waals surface area (Å²) < 4.78 is 19.2. The zero-order valence-electron chi connectivity index (χ0n) is 10.5. The van der Waals surface area contributed by atoms with E-state index in [2.05, 4.69) is 0 Å². The van der Waals surface area contributed by atoms with E-state index in [0.717, 1.165) is 0 Å². The number of hydrogen-bond donors (Lipinski definition) is 1. The quantitative estimate of drug-likeness (QED) is 0.773. The van der Waals surface area contributed by atoms with E-state index >= 15 is 0 Å². The number of carbonyl (C=O) groups is 1. The fourth-order valence-electron chi connectivity index (χ4n) is 2.22. The number of ether oxygens (including phenoxy) is 1. The van der Waals surface area contributed by atoms with E-state index in [-0.39, 0.29) is 23.7 Å². The van der Waals surface area contributed by atoms with E-state index < -0.39 is 5.82 Å². The van der Waals surface area contributed by atoms with Gasteiger partial charge in [-0.25, -0.2) is 4.39 Å². The second-order valence-corrected chi connectivity index (χ2v) is 4.71. The summed E-state index contributed by atoms with van der Waals surface area (Å²) in [6.07, 6.45) is -0.0657. The third-order valence-corrected chi connectivity index (χ3v) is 2.93. The molecule has 98 valence electrons. The van der Waals surface area contributed by atoms with Crippen molar-refractivity contribution in [2.45, 2.75) is 26.1 Å². The summed E-state index contributed by atoms with van der Waals surface area (Å²) in [5.41, 5.74) is 5.84. The van der Waals surface area contributed by atoms with Crippen molar-refractivity contribution >= 4 is 11.6 Å². The molecule has 1 fully saturated rings. The molecule has 1 aromatic carbocycles. The van der Waals surface area contributed by atoms with E-state index in [0.29, 0.717) is 18.8 Å². The Morgan fingerprint density at radius 3 is 2.56 bits per heavy atom. The van der Waals surface area contributed by atoms with Gasteiger partial charge in [0, 0.05) is 18.8 Å². The zero-order valence-corrected chi connectivity index (χ0v) is 10.5. The summed E-state index contributed by atoms with van der Waals surface area (Å²) >= 11 is 0. The van der Waals surface area contributed by atoms with Gasteiger partial charge in [-0.15, -0.1) is 0 Å². The Morgan fingerprint density at radius 1 is 1.39 bits per heavy atom. The highest BCUT2D eigenvalue weighted by Crippen LogP contribution is 2.18. The minimum atomic E-state index is -0.577. The van der Waals surface area contributed by atoms with Gasteiger partial charge in [-0.1, -0.05) is 0 Å². The molecule has 0 spiro atoms. The smallest absolute Gasteiger partial charge is 0.257 e. The Kier molecular flexibility index (Phi) is 3.52. The predicted molar refractivity (Wildman–Crippen MR) is 66.7 cm³/mol. The van der Waals surface area contributed by atoms with Gasteiger partial charge in [0.05, 0.1) is 17.8 Å². The number of anilines is 1. The van der Waals surface area contributed by atoms with E-state index in [1.165, 1.54) is 18.2 Å². The van der Waals surface area contributed by atoms with Crippen LogP contribution in [0.4, 0.5) is 10.1 Å². The lowest BCUT2D eigenvalue weighted by molar-refractivity contribution is -0.0587. The van der Waals surface area contributed by atoms with Crippen molar-refractivity contribution in [2.24, 2.45) is 0 Å². The van der Waals surface area contributed by atoms with Crippen LogP contribution >= 0.6 is 0 Å². The Balaban J connectivity index is 2.20. The summed E-state index contributed by atoms with van der Waals surface area (Å²) in [5, 5.41) is 0. The zero-order chi connectivity index (χ0) is 13.3. The predicted octanol–water partition coefficient (Wildman–Crippen LogP) is 1.66. The van der Waals surface area contributed by atoms with Crippen molar-refractivity contribution in [1.82, 2.24) is 4.90 Å². The van der Waals surface area contributed by atoms with Gasteiger partial charge in [-0.3, -0.25) is 4.79 Å². The molecule has 0 radical (unpaired) electrons. The first-order chi connectivity index (χ1) is 8.47. The largest absolute Gasteiger partial charge is 0.399 e. The van der Waals surface area contributed by atoms with Crippen molar-refractivity contribution in [2.75, 3.05) is 18.8 Å². The highest BCUT2D eigenvalue weighted by atomic mass is 19.1. The summed E-state index contributed by atoms with van der Waals surface area (Å²) in [7, 11) is 0. The third kappa shape index (κ3) is 2.61. The van der Waals surface area contributed by atoms with E-state index in [1.54, 1.807) is 4.90 Å². The SMILES string of the molecule is C[C@@H]1CN(C(=O)c2ccc(N)cc2F)C[C@H](C)O1. The number of benzene rings is 1. The molecule has 2 rings (SSSR count). The van der Waals surface area contributed by atoms with Crippen molar-refractivity contribution < 1.29 is 13.9 Å². The molecule has 2 N–H and O–H groups in total. The standard InChI is InChI=1S/C13H17FN2O2/c1-8-6-16(7-9(2)18-8)13(17)11-4-3-10(15)5-12(11)14/h3-5,8-9H,6-7,15H2,1-2H3/t8-,9+. The Morgan fingerprint density at radius 2 is 2.00 bits per heavy atom. The van der Waals surface area contributed by atoms with Crippen LogP contribution in [-0.4, -0.2) is 36.1 Å². The van der Waals surface area contributed by atoms with Crippen LogP contribution in [0.2, 0.25) is 0 Å². The molecule has 1 saturated heterocycles. The van der Waals surface area contributed by atoms with Crippen LogP contribution in [0.1, 0.15) is 24.2 Å². The maximum atomic E-state index is 13.7. The number of nitrogens with two attached hydrogens (primary N) is 1. The van der Waals surface area contributed by atoms with Gasteiger partial charge < -0.3 is 15.4 Å². The molecule has 1 aromatic rings. The summed E-state index contributed by atoms with van der Waals surface area (Å²) in [6.45, 7) is 4.75. The number of morpholine rings is 1. The van der Waals surface area contributed by atoms with Crippen LogP contribution in [-0.2, 0) is 4.74 Å². The molecule has 0 unspecified atom stereocenters. The van der Waals surface area contributed by atoms with Gasteiger partial charge in [-0.05, 0) is 32.0 Å². The first-order valence-electron chi connectivity index (χ1n) is 5.97. The minimum absolute atomic E-state index is 0.0328. The molecule has 18 heavy (non-hydrogen) atoms. The van der Waals surface area contributed by atoms with E-state index in [1.807, 2.05) is 13.8 Å². The van der Waals surface area contributed by atoms with Crippen molar-refractivity contribution in [3.63, 3.8) is 0 Å². The van der Waals surface area contributed by atoms with Crippen molar-refractivity contribution in [3.8, 4) is 0 Å². The second-order valence-electron chi connectivity index (χ2n) is 4.71. The first kappa shape index (κ1) is 12.8. The topological polar surface area (TPSA) is 55.6 Å². The normalized spacial score (nSPS) is 24.1. The van der Waals surface area contributed by atoms with Crippen LogP contribution in [0.15, 0.2) is 18.2 Å². The van der Waals surface area contributed by atoms with Gasteiger partial charge in [0.25, 0.3) is 5.91 Å². The molecule has 0 saturated carbocycles. The van der Waals surface area contributed by atoms with Crippen LogP contribution in [0.3, 0.4) is 0 Å². The molecule has 1 heterocycles. The monoisotopic (exact) mass is 252 g/mol. The number of rotatable bonds is 1. The van der Waals surface area contributed by atoms with Gasteiger partial charge in [0.2, 0.25) is 0 Å². The highest BCUT2D eigenvalue weighted by Gasteiger charge is 2.27. The van der Waals surface area contributed by atoms with Crippen LogP contribution in [0, 0.1) is 5.82 Å². The van der Waals surface area contributed by atoms with E-state index in [9.17, 15) is 9.18 Å². The molecule has 5 heteroatoms. The fraction of sp³-hybridized carbons (Fsp3) is 0.462. The average Bonchev–Trinajstić information content (AvgIpc) is 2.26. The average molecular weight is 252 g/mol. The number of halogens is 1. The maximum Gasteiger partial charge on any atom is 0.257 e. The lowest BCUT2D eigenvalue weighted by Crippen LogP contribution is -2.48. The second kappa shape index (κ2) is 4.94. The molecular weight excluding hydrogens is 235 g/mol. The number of amides is 1. The molecular formula is C13H17FN2O2. The van der Waals surface area contributed by atoms with Crippen LogP contribution in [0.5, 0.6) is 0 Å². The lowest BCUT2D eigenvalue weighted by atomic mass is 10.1. The van der Waals surface area contributed by atoms with Crippen LogP contribution in [0.25, 0.3) is 0 Å². The molecule has 1 aliphatic heterocycles. The number of nitrogens with zero attached hydrogens (tertiary/aromatic N) is 1.